The van der Waals surface area contributed by atoms with Crippen LogP contribution in [0.4, 0.5) is 4.79 Å². The molecule has 2 aromatic carbocycles. The number of amides is 1. The fraction of sp³-hybridized carbons (Fsp3) is 0.457. The molecule has 0 N–H and O–H groups in total. The molecule has 0 saturated carbocycles. The molecular formula is C35H45NO10S3Si. The van der Waals surface area contributed by atoms with Crippen LogP contribution in [0.3, 0.4) is 0 Å². The minimum atomic E-state index is -4.10. The molecule has 1 amide bonds. The van der Waals surface area contributed by atoms with Crippen molar-refractivity contribution in [1.29, 1.82) is 0 Å². The number of nitrogens with zero attached hydrogens (tertiary/aromatic N) is 1. The molecule has 4 rings (SSSR count). The second-order valence-corrected chi connectivity index (χ2v) is 24.6. The van der Waals surface area contributed by atoms with E-state index in [0.717, 1.165) is 28.6 Å². The van der Waals surface area contributed by atoms with E-state index in [4.69, 9.17) is 14.2 Å². The van der Waals surface area contributed by atoms with E-state index in [1.165, 1.54) is 31.7 Å². The second kappa shape index (κ2) is 15.0. The first-order chi connectivity index (χ1) is 23.3. The SMILES string of the molecule is CCN(C(=O)OC(C)OC(=O)[C@H](C)OC(C)=O)[C@H]1C[C@H](C)S(=O)(=O)c2sc(S(=O)(=O)C[Si](c3ccccc3)(c3ccccc3)C(C)(C)C)cc21. The van der Waals surface area contributed by atoms with Gasteiger partial charge in [-0.25, -0.2) is 26.4 Å². The third-order valence-electron chi connectivity index (χ3n) is 9.11. The molecule has 1 aromatic heterocycles. The molecule has 0 spiro atoms. The molecule has 1 unspecified atom stereocenters. The number of thiophene rings is 1. The van der Waals surface area contributed by atoms with Crippen molar-refractivity contribution in [3.63, 3.8) is 0 Å². The van der Waals surface area contributed by atoms with Gasteiger partial charge in [-0.2, -0.15) is 0 Å². The molecule has 0 saturated heterocycles. The molecule has 0 aliphatic carbocycles. The van der Waals surface area contributed by atoms with Crippen molar-refractivity contribution in [2.75, 3.05) is 11.9 Å². The zero-order chi connectivity index (χ0) is 37.2. The van der Waals surface area contributed by atoms with Crippen LogP contribution >= 0.6 is 11.3 Å². The predicted molar refractivity (Wildman–Crippen MR) is 194 cm³/mol. The fourth-order valence-electron chi connectivity index (χ4n) is 6.50. The Morgan fingerprint density at radius 3 is 1.98 bits per heavy atom. The Hall–Kier alpha value is -3.53. The lowest BCUT2D eigenvalue weighted by Crippen LogP contribution is -2.68. The highest BCUT2D eigenvalue weighted by Crippen LogP contribution is 2.46. The number of ether oxygens (including phenoxy) is 3. The Bertz CT molecular complexity index is 1880. The highest BCUT2D eigenvalue weighted by atomic mass is 32.3. The highest BCUT2D eigenvalue weighted by molar-refractivity contribution is 7.97. The number of esters is 2. The van der Waals surface area contributed by atoms with Crippen LogP contribution in [0.1, 0.15) is 73.4 Å². The van der Waals surface area contributed by atoms with E-state index < -0.39 is 74.5 Å². The quantitative estimate of drug-likeness (QED) is 0.148. The van der Waals surface area contributed by atoms with Crippen LogP contribution < -0.4 is 10.4 Å². The van der Waals surface area contributed by atoms with Crippen molar-refractivity contribution >= 4 is 67.5 Å². The molecule has 1 aliphatic heterocycles. The van der Waals surface area contributed by atoms with E-state index in [-0.39, 0.29) is 32.3 Å². The monoisotopic (exact) mass is 763 g/mol. The van der Waals surface area contributed by atoms with Gasteiger partial charge in [0.05, 0.1) is 16.7 Å². The van der Waals surface area contributed by atoms with Crippen LogP contribution in [-0.2, 0) is 43.5 Å². The van der Waals surface area contributed by atoms with Gasteiger partial charge in [-0.05, 0) is 38.3 Å². The number of hydrogen-bond acceptors (Lipinski definition) is 11. The number of hydrogen-bond donors (Lipinski definition) is 0. The summed E-state index contributed by atoms with van der Waals surface area (Å²) in [6.07, 6.45) is -3.48. The summed E-state index contributed by atoms with van der Waals surface area (Å²) in [5.74, 6) is -1.60. The average molecular weight is 764 g/mol. The van der Waals surface area contributed by atoms with Crippen LogP contribution in [0.25, 0.3) is 0 Å². The normalized spacial score (nSPS) is 18.6. The van der Waals surface area contributed by atoms with Gasteiger partial charge in [0.25, 0.3) is 0 Å². The zero-order valence-corrected chi connectivity index (χ0v) is 33.0. The minimum Gasteiger partial charge on any atom is -0.451 e. The molecule has 0 fully saturated rings. The molecule has 11 nitrogen and oxygen atoms in total. The summed E-state index contributed by atoms with van der Waals surface area (Å²) in [6.45, 7) is 13.2. The molecule has 0 bridgehead atoms. The molecule has 2 heterocycles. The van der Waals surface area contributed by atoms with Gasteiger partial charge >= 0.3 is 18.0 Å². The topological polar surface area (TPSA) is 150 Å². The Balaban J connectivity index is 1.75. The highest BCUT2D eigenvalue weighted by Gasteiger charge is 2.52. The number of rotatable bonds is 11. The summed E-state index contributed by atoms with van der Waals surface area (Å²) in [4.78, 5) is 38.3. The first kappa shape index (κ1) is 39.3. The van der Waals surface area contributed by atoms with E-state index in [0.29, 0.717) is 0 Å². The molecule has 15 heteroatoms. The number of carbonyl (C=O) groups excluding carboxylic acids is 3. The van der Waals surface area contributed by atoms with Gasteiger partial charge in [0.15, 0.2) is 25.8 Å². The lowest BCUT2D eigenvalue weighted by Gasteiger charge is -2.43. The van der Waals surface area contributed by atoms with Crippen molar-refractivity contribution in [3.8, 4) is 0 Å². The largest absolute Gasteiger partial charge is 0.451 e. The molecule has 3 aromatic rings. The summed E-state index contributed by atoms with van der Waals surface area (Å²) in [7, 11) is -11.1. The Kier molecular flexibility index (Phi) is 11.8. The lowest BCUT2D eigenvalue weighted by atomic mass is 10.0. The zero-order valence-electron chi connectivity index (χ0n) is 29.5. The first-order valence-corrected chi connectivity index (χ1v) is 22.5. The molecule has 1 aliphatic rings. The third-order valence-corrected chi connectivity index (χ3v) is 23.0. The molecule has 50 heavy (non-hydrogen) atoms. The van der Waals surface area contributed by atoms with Crippen LogP contribution in [0, 0.1) is 0 Å². The smallest absolute Gasteiger partial charge is 0.413 e. The van der Waals surface area contributed by atoms with Gasteiger partial charge in [0.1, 0.15) is 16.5 Å². The maximum atomic E-state index is 14.7. The third kappa shape index (κ3) is 7.85. The van der Waals surface area contributed by atoms with Crippen LogP contribution in [0.2, 0.25) is 5.04 Å². The Labute approximate surface area is 299 Å². The van der Waals surface area contributed by atoms with Gasteiger partial charge in [0, 0.05) is 26.0 Å². The maximum Gasteiger partial charge on any atom is 0.413 e. The lowest BCUT2D eigenvalue weighted by molar-refractivity contribution is -0.182. The van der Waals surface area contributed by atoms with Gasteiger partial charge in [0.2, 0.25) is 6.29 Å². The number of sulfone groups is 2. The summed E-state index contributed by atoms with van der Waals surface area (Å²) in [6, 6.07) is 19.9. The number of carbonyl (C=O) groups is 3. The molecule has 4 atom stereocenters. The van der Waals surface area contributed by atoms with Gasteiger partial charge in [-0.15, -0.1) is 11.3 Å². The van der Waals surface area contributed by atoms with Crippen molar-refractivity contribution < 1.29 is 45.4 Å². The van der Waals surface area contributed by atoms with Crippen molar-refractivity contribution in [2.45, 2.75) is 99.0 Å². The summed E-state index contributed by atoms with van der Waals surface area (Å²) >= 11 is 0.725. The van der Waals surface area contributed by atoms with E-state index in [1.54, 1.807) is 6.92 Å². The van der Waals surface area contributed by atoms with Gasteiger partial charge < -0.3 is 19.1 Å². The Morgan fingerprint density at radius 1 is 0.960 bits per heavy atom. The van der Waals surface area contributed by atoms with E-state index in [1.807, 2.05) is 60.7 Å². The van der Waals surface area contributed by atoms with E-state index in [9.17, 15) is 31.2 Å². The molecule has 272 valence electrons. The fourth-order valence-corrected chi connectivity index (χ4v) is 21.0. The number of benzene rings is 2. The van der Waals surface area contributed by atoms with E-state index in [2.05, 4.69) is 20.8 Å². The molecule has 0 radical (unpaired) electrons. The minimum absolute atomic E-state index is 0.000851. The van der Waals surface area contributed by atoms with Crippen molar-refractivity contribution in [3.05, 3.63) is 72.3 Å². The summed E-state index contributed by atoms with van der Waals surface area (Å²) in [5.41, 5.74) is 0.209. The van der Waals surface area contributed by atoms with E-state index >= 15 is 0 Å². The first-order valence-electron chi connectivity index (χ1n) is 16.3. The van der Waals surface area contributed by atoms with Crippen LogP contribution in [0.15, 0.2) is 75.1 Å². The van der Waals surface area contributed by atoms with Gasteiger partial charge in [-0.1, -0.05) is 91.8 Å². The Morgan fingerprint density at radius 2 is 1.50 bits per heavy atom. The predicted octanol–water partition coefficient (Wildman–Crippen LogP) is 5.03. The van der Waals surface area contributed by atoms with Crippen LogP contribution in [-0.4, -0.2) is 77.4 Å². The van der Waals surface area contributed by atoms with Crippen molar-refractivity contribution in [1.82, 2.24) is 4.90 Å². The number of fused-ring (bicyclic) bond motifs is 1. The maximum absolute atomic E-state index is 14.7. The second-order valence-electron chi connectivity index (χ2n) is 13.5. The summed E-state index contributed by atoms with van der Waals surface area (Å²) in [5, 5.41) is 0.291. The van der Waals surface area contributed by atoms with Crippen molar-refractivity contribution in [2.24, 2.45) is 0 Å². The molecular weight excluding hydrogens is 719 g/mol. The standard InChI is InChI=1S/C35H45NO10S3Si/c1-9-36(34(39)46-26(5)45-32(38)24(3)44-25(4)37)30-20-23(2)49(42,43)33-29(30)21-31(47-33)48(40,41)22-50(35(6,7)8,27-16-12-10-13-17-27)28-18-14-11-15-19-28/h10-19,21,23-24,26,30H,9,20,22H2,1-8H3/t23-,24-,26?,30-/m0/s1. The summed E-state index contributed by atoms with van der Waals surface area (Å²) < 4.78 is 71.9. The van der Waals surface area contributed by atoms with Crippen LogP contribution in [0.5, 0.6) is 0 Å². The average Bonchev–Trinajstić information content (AvgIpc) is 3.51. The van der Waals surface area contributed by atoms with Gasteiger partial charge in [-0.3, -0.25) is 4.79 Å².